The number of ether oxygens (including phenoxy) is 2. The van der Waals surface area contributed by atoms with E-state index in [-0.39, 0.29) is 5.60 Å². The lowest BCUT2D eigenvalue weighted by molar-refractivity contribution is -0.00466. The third-order valence-electron chi connectivity index (χ3n) is 3.75. The molecule has 1 N–H and O–H groups in total. The molecule has 6 heteroatoms. The lowest BCUT2D eigenvalue weighted by Crippen LogP contribution is -2.47. The van der Waals surface area contributed by atoms with Gasteiger partial charge < -0.3 is 19.7 Å². The van der Waals surface area contributed by atoms with Crippen LogP contribution >= 0.6 is 11.3 Å². The molecule has 1 aromatic heterocycles. The van der Waals surface area contributed by atoms with Crippen molar-refractivity contribution >= 4 is 16.5 Å². The van der Waals surface area contributed by atoms with E-state index in [1.807, 2.05) is 0 Å². The van der Waals surface area contributed by atoms with Crippen molar-refractivity contribution in [2.75, 3.05) is 45.4 Å². The average Bonchev–Trinajstić information content (AvgIpc) is 2.93. The van der Waals surface area contributed by atoms with Gasteiger partial charge >= 0.3 is 0 Å². The monoisotopic (exact) mass is 299 g/mol. The highest BCUT2D eigenvalue weighted by molar-refractivity contribution is 7.13. The van der Waals surface area contributed by atoms with Gasteiger partial charge in [-0.15, -0.1) is 11.3 Å². The number of nitrogens with one attached hydrogen (secondary N) is 1. The minimum Gasteiger partial charge on any atom is -0.383 e. The van der Waals surface area contributed by atoms with Gasteiger partial charge in [0.1, 0.15) is 0 Å². The van der Waals surface area contributed by atoms with Gasteiger partial charge in [-0.2, -0.15) is 0 Å². The van der Waals surface area contributed by atoms with Crippen molar-refractivity contribution in [2.45, 2.75) is 31.9 Å². The van der Waals surface area contributed by atoms with E-state index in [9.17, 15) is 0 Å². The summed E-state index contributed by atoms with van der Waals surface area (Å²) in [4.78, 5) is 7.06. The molecule has 1 unspecified atom stereocenters. The quantitative estimate of drug-likeness (QED) is 0.779. The average molecular weight is 299 g/mol. The van der Waals surface area contributed by atoms with Crippen LogP contribution in [0.2, 0.25) is 0 Å². The van der Waals surface area contributed by atoms with Crippen LogP contribution in [0, 0.1) is 0 Å². The first-order chi connectivity index (χ1) is 9.67. The van der Waals surface area contributed by atoms with Crippen molar-refractivity contribution in [2.24, 2.45) is 0 Å². The summed E-state index contributed by atoms with van der Waals surface area (Å²) in [5.74, 6) is 0. The Morgan fingerprint density at radius 2 is 2.35 bits per heavy atom. The lowest BCUT2D eigenvalue weighted by atomic mass is 9.95. The van der Waals surface area contributed by atoms with Crippen molar-refractivity contribution in [3.8, 4) is 0 Å². The largest absolute Gasteiger partial charge is 0.383 e. The van der Waals surface area contributed by atoms with E-state index in [4.69, 9.17) is 14.5 Å². The van der Waals surface area contributed by atoms with E-state index in [1.165, 1.54) is 0 Å². The number of hydrogen-bond donors (Lipinski definition) is 1. The fourth-order valence-electron chi connectivity index (χ4n) is 2.45. The summed E-state index contributed by atoms with van der Waals surface area (Å²) < 4.78 is 10.7. The Morgan fingerprint density at radius 3 is 3.10 bits per heavy atom. The molecule has 0 spiro atoms. The van der Waals surface area contributed by atoms with Gasteiger partial charge in [0.25, 0.3) is 0 Å². The van der Waals surface area contributed by atoms with E-state index in [1.54, 1.807) is 25.6 Å². The first-order valence-electron chi connectivity index (χ1n) is 7.11. The smallest absolute Gasteiger partial charge is 0.185 e. The Kier molecular flexibility index (Phi) is 5.77. The molecule has 2 heterocycles. The second-order valence-corrected chi connectivity index (χ2v) is 6.31. The van der Waals surface area contributed by atoms with Gasteiger partial charge in [-0.3, -0.25) is 0 Å². The Bertz CT molecular complexity index is 413. The number of methoxy groups -OCH3 is 2. The maximum atomic E-state index is 5.64. The topological polar surface area (TPSA) is 46.6 Å². The zero-order valence-corrected chi connectivity index (χ0v) is 13.5. The summed E-state index contributed by atoms with van der Waals surface area (Å²) in [6.07, 6.45) is 2.28. The number of anilines is 1. The van der Waals surface area contributed by atoms with Gasteiger partial charge in [-0.05, 0) is 19.8 Å². The van der Waals surface area contributed by atoms with E-state index < -0.39 is 0 Å². The van der Waals surface area contributed by atoms with Crippen LogP contribution in [0.1, 0.15) is 25.5 Å². The Hall–Kier alpha value is -0.690. The summed E-state index contributed by atoms with van der Waals surface area (Å²) in [6.45, 7) is 6.57. The Morgan fingerprint density at radius 1 is 1.50 bits per heavy atom. The number of rotatable bonds is 7. The van der Waals surface area contributed by atoms with Crippen LogP contribution in [0.5, 0.6) is 0 Å². The molecule has 0 amide bonds. The number of nitrogens with zero attached hydrogens (tertiary/aromatic N) is 2. The minimum absolute atomic E-state index is 0.0409. The predicted octanol–water partition coefficient (Wildman–Crippen LogP) is 1.88. The Labute approximate surface area is 125 Å². The first kappa shape index (κ1) is 15.7. The zero-order chi connectivity index (χ0) is 14.4. The zero-order valence-electron chi connectivity index (χ0n) is 12.6. The maximum Gasteiger partial charge on any atom is 0.185 e. The highest BCUT2D eigenvalue weighted by atomic mass is 32.1. The molecular formula is C14H25N3O2S. The Balaban J connectivity index is 1.88. The van der Waals surface area contributed by atoms with Gasteiger partial charge in [-0.1, -0.05) is 0 Å². The SMILES string of the molecule is COCCNCc1csc(N2CCCC(C)(OC)C2)n1. The van der Waals surface area contributed by atoms with Crippen molar-refractivity contribution in [1.82, 2.24) is 10.3 Å². The predicted molar refractivity (Wildman–Crippen MR) is 82.6 cm³/mol. The van der Waals surface area contributed by atoms with Crippen molar-refractivity contribution < 1.29 is 9.47 Å². The summed E-state index contributed by atoms with van der Waals surface area (Å²) in [6, 6.07) is 0. The minimum atomic E-state index is -0.0409. The molecule has 1 aliphatic heterocycles. The molecular weight excluding hydrogens is 274 g/mol. The molecule has 0 saturated carbocycles. The number of hydrogen-bond acceptors (Lipinski definition) is 6. The normalized spacial score (nSPS) is 23.2. The van der Waals surface area contributed by atoms with Crippen LogP contribution < -0.4 is 10.2 Å². The molecule has 20 heavy (non-hydrogen) atoms. The summed E-state index contributed by atoms with van der Waals surface area (Å²) in [5.41, 5.74) is 1.06. The molecule has 2 rings (SSSR count). The van der Waals surface area contributed by atoms with Gasteiger partial charge in [-0.25, -0.2) is 4.98 Å². The van der Waals surface area contributed by atoms with Crippen LogP contribution in [-0.2, 0) is 16.0 Å². The fraction of sp³-hybridized carbons (Fsp3) is 0.786. The fourth-order valence-corrected chi connectivity index (χ4v) is 3.30. The van der Waals surface area contributed by atoms with Crippen LogP contribution in [0.25, 0.3) is 0 Å². The molecule has 0 aliphatic carbocycles. The second kappa shape index (κ2) is 7.36. The molecule has 5 nitrogen and oxygen atoms in total. The highest BCUT2D eigenvalue weighted by Crippen LogP contribution is 2.29. The maximum absolute atomic E-state index is 5.64. The number of thiazole rings is 1. The lowest BCUT2D eigenvalue weighted by Gasteiger charge is -2.39. The number of aromatic nitrogens is 1. The molecule has 1 atom stereocenters. The van der Waals surface area contributed by atoms with E-state index in [2.05, 4.69) is 22.5 Å². The summed E-state index contributed by atoms with van der Waals surface area (Å²) in [5, 5.41) is 6.56. The second-order valence-electron chi connectivity index (χ2n) is 5.47. The molecule has 0 aromatic carbocycles. The van der Waals surface area contributed by atoms with E-state index in [0.717, 1.165) is 56.5 Å². The molecule has 114 valence electrons. The van der Waals surface area contributed by atoms with Crippen LogP contribution in [0.4, 0.5) is 5.13 Å². The summed E-state index contributed by atoms with van der Waals surface area (Å²) in [7, 11) is 3.52. The molecule has 0 radical (unpaired) electrons. The van der Waals surface area contributed by atoms with Crippen LogP contribution in [0.15, 0.2) is 5.38 Å². The molecule has 1 aliphatic rings. The van der Waals surface area contributed by atoms with Crippen LogP contribution in [0.3, 0.4) is 0 Å². The molecule has 1 fully saturated rings. The standard InChI is InChI=1S/C14H25N3O2S/c1-14(19-3)5-4-7-17(11-14)13-16-12(10-20-13)9-15-6-8-18-2/h10,15H,4-9,11H2,1-3H3. The van der Waals surface area contributed by atoms with Gasteiger partial charge in [0.2, 0.25) is 0 Å². The molecule has 0 bridgehead atoms. The van der Waals surface area contributed by atoms with Crippen molar-refractivity contribution in [3.05, 3.63) is 11.1 Å². The van der Waals surface area contributed by atoms with Crippen molar-refractivity contribution in [3.63, 3.8) is 0 Å². The third-order valence-corrected chi connectivity index (χ3v) is 4.70. The summed E-state index contributed by atoms with van der Waals surface area (Å²) >= 11 is 1.72. The van der Waals surface area contributed by atoms with Crippen LogP contribution in [-0.4, -0.2) is 51.0 Å². The van der Waals surface area contributed by atoms with Gasteiger partial charge in [0.15, 0.2) is 5.13 Å². The van der Waals surface area contributed by atoms with Gasteiger partial charge in [0, 0.05) is 45.8 Å². The molecule has 1 saturated heterocycles. The first-order valence-corrected chi connectivity index (χ1v) is 7.99. The van der Waals surface area contributed by atoms with E-state index >= 15 is 0 Å². The van der Waals surface area contributed by atoms with Crippen molar-refractivity contribution in [1.29, 1.82) is 0 Å². The highest BCUT2D eigenvalue weighted by Gasteiger charge is 2.31. The third kappa shape index (κ3) is 4.15. The molecule has 1 aromatic rings. The number of piperidine rings is 1. The van der Waals surface area contributed by atoms with E-state index in [0.29, 0.717) is 0 Å². The van der Waals surface area contributed by atoms with Gasteiger partial charge in [0.05, 0.1) is 17.9 Å².